The highest BCUT2D eigenvalue weighted by molar-refractivity contribution is 5.86. The van der Waals surface area contributed by atoms with Crippen LogP contribution in [0.5, 0.6) is 0 Å². The highest BCUT2D eigenvalue weighted by Crippen LogP contribution is 2.12. The van der Waals surface area contributed by atoms with E-state index in [4.69, 9.17) is 9.47 Å². The Morgan fingerprint density at radius 1 is 0.838 bits per heavy atom. The van der Waals surface area contributed by atoms with Crippen LogP contribution < -0.4 is 16.0 Å². The predicted octanol–water partition coefficient (Wildman–Crippen LogP) is 3.79. The van der Waals surface area contributed by atoms with Crippen molar-refractivity contribution >= 4 is 23.9 Å². The van der Waals surface area contributed by atoms with Gasteiger partial charge in [0, 0.05) is 13.0 Å². The van der Waals surface area contributed by atoms with Crippen LogP contribution in [0.15, 0.2) is 60.7 Å². The molecule has 0 radical (unpaired) electrons. The molecule has 2 rings (SSSR count). The molecule has 3 amide bonds. The van der Waals surface area contributed by atoms with Crippen molar-refractivity contribution in [3.63, 3.8) is 0 Å². The molecule has 3 N–H and O–H groups in total. The van der Waals surface area contributed by atoms with E-state index in [-0.39, 0.29) is 43.9 Å². The highest BCUT2D eigenvalue weighted by atomic mass is 16.5. The minimum atomic E-state index is -0.797. The van der Waals surface area contributed by atoms with Crippen LogP contribution in [0.4, 0.5) is 4.79 Å². The second-order valence-electron chi connectivity index (χ2n) is 8.55. The Morgan fingerprint density at radius 2 is 1.51 bits per heavy atom. The summed E-state index contributed by atoms with van der Waals surface area (Å²) < 4.78 is 10.1. The molecule has 0 aromatic heterocycles. The molecule has 37 heavy (non-hydrogen) atoms. The van der Waals surface area contributed by atoms with Crippen LogP contribution in [0.2, 0.25) is 0 Å². The third kappa shape index (κ3) is 12.1. The number of hydrogen-bond donors (Lipinski definition) is 3. The van der Waals surface area contributed by atoms with Gasteiger partial charge in [-0.05, 0) is 44.2 Å². The lowest BCUT2D eigenvalue weighted by Crippen LogP contribution is -2.47. The number of rotatable bonds is 15. The lowest BCUT2D eigenvalue weighted by Gasteiger charge is -2.21. The van der Waals surface area contributed by atoms with Crippen LogP contribution >= 0.6 is 0 Å². The van der Waals surface area contributed by atoms with Crippen molar-refractivity contribution in [1.82, 2.24) is 16.0 Å². The maximum atomic E-state index is 13.0. The van der Waals surface area contributed by atoms with E-state index in [1.54, 1.807) is 6.92 Å². The molecule has 0 saturated carbocycles. The van der Waals surface area contributed by atoms with E-state index in [0.29, 0.717) is 25.8 Å². The Bertz CT molecular complexity index is 984. The molecule has 9 nitrogen and oxygen atoms in total. The third-order valence-corrected chi connectivity index (χ3v) is 5.58. The van der Waals surface area contributed by atoms with Crippen molar-refractivity contribution < 1.29 is 28.7 Å². The lowest BCUT2D eigenvalue weighted by atomic mass is 10.1. The van der Waals surface area contributed by atoms with Gasteiger partial charge in [0.1, 0.15) is 12.6 Å². The van der Waals surface area contributed by atoms with Crippen LogP contribution in [-0.2, 0) is 30.5 Å². The molecule has 2 aromatic rings. The summed E-state index contributed by atoms with van der Waals surface area (Å²) >= 11 is 0. The first kappa shape index (κ1) is 29.4. The number of esters is 1. The van der Waals surface area contributed by atoms with Crippen molar-refractivity contribution in [1.29, 1.82) is 0 Å². The number of nitrogens with one attached hydrogen (secondary N) is 3. The molecule has 0 aliphatic heterocycles. The average Bonchev–Trinajstić information content (AvgIpc) is 2.91. The van der Waals surface area contributed by atoms with E-state index in [1.807, 2.05) is 67.6 Å². The number of carbonyl (C=O) groups excluding carboxylic acids is 4. The maximum absolute atomic E-state index is 13.0. The van der Waals surface area contributed by atoms with Gasteiger partial charge in [0.15, 0.2) is 0 Å². The monoisotopic (exact) mass is 511 g/mol. The Morgan fingerprint density at radius 3 is 2.19 bits per heavy atom. The zero-order chi connectivity index (χ0) is 26.9. The van der Waals surface area contributed by atoms with Gasteiger partial charge in [0.25, 0.3) is 0 Å². The van der Waals surface area contributed by atoms with E-state index in [0.717, 1.165) is 11.1 Å². The van der Waals surface area contributed by atoms with Crippen molar-refractivity contribution in [2.75, 3.05) is 13.2 Å². The Kier molecular flexibility index (Phi) is 13.3. The van der Waals surface area contributed by atoms with Crippen molar-refractivity contribution in [2.24, 2.45) is 0 Å². The zero-order valence-corrected chi connectivity index (χ0v) is 21.5. The quantitative estimate of drug-likeness (QED) is 0.247. The number of ether oxygens (including phenoxy) is 2. The van der Waals surface area contributed by atoms with Gasteiger partial charge in [0.05, 0.1) is 19.1 Å². The largest absolute Gasteiger partial charge is 0.466 e. The molecule has 0 aliphatic carbocycles. The summed E-state index contributed by atoms with van der Waals surface area (Å²) in [7, 11) is 0. The van der Waals surface area contributed by atoms with Crippen LogP contribution in [0.1, 0.15) is 63.1 Å². The van der Waals surface area contributed by atoms with E-state index < -0.39 is 18.1 Å². The number of carbonyl (C=O) groups is 4. The molecule has 0 aliphatic rings. The van der Waals surface area contributed by atoms with Gasteiger partial charge in [-0.3, -0.25) is 14.4 Å². The highest BCUT2D eigenvalue weighted by Gasteiger charge is 2.23. The number of hydrogen-bond acceptors (Lipinski definition) is 6. The van der Waals surface area contributed by atoms with Crippen LogP contribution in [0, 0.1) is 0 Å². The fourth-order valence-corrected chi connectivity index (χ4v) is 3.55. The zero-order valence-electron chi connectivity index (χ0n) is 21.5. The summed E-state index contributed by atoms with van der Waals surface area (Å²) in [6.45, 7) is 4.37. The Balaban J connectivity index is 1.84. The van der Waals surface area contributed by atoms with Gasteiger partial charge in [0.2, 0.25) is 11.8 Å². The smallest absolute Gasteiger partial charge is 0.408 e. The summed E-state index contributed by atoms with van der Waals surface area (Å²) in [4.78, 5) is 48.7. The minimum Gasteiger partial charge on any atom is -0.466 e. The molecule has 0 unspecified atom stereocenters. The number of unbranched alkanes of at least 4 members (excludes halogenated alkanes) is 1. The van der Waals surface area contributed by atoms with E-state index in [9.17, 15) is 19.2 Å². The molecule has 2 aromatic carbocycles. The first-order chi connectivity index (χ1) is 17.9. The third-order valence-electron chi connectivity index (χ3n) is 5.58. The number of amides is 3. The fraction of sp³-hybridized carbons (Fsp3) is 0.429. The molecule has 200 valence electrons. The fourth-order valence-electron chi connectivity index (χ4n) is 3.55. The summed E-state index contributed by atoms with van der Waals surface area (Å²) in [5, 5.41) is 8.38. The normalized spacial score (nSPS) is 12.1. The Hall–Kier alpha value is -3.88. The molecule has 0 bridgehead atoms. The van der Waals surface area contributed by atoms with Gasteiger partial charge in [-0.1, -0.05) is 60.7 Å². The summed E-state index contributed by atoms with van der Waals surface area (Å²) in [6.07, 6.45) is 0.973. The molecular weight excluding hydrogens is 474 g/mol. The van der Waals surface area contributed by atoms with Crippen molar-refractivity contribution in [3.05, 3.63) is 71.8 Å². The number of alkyl carbamates (subject to hydrolysis) is 1. The average molecular weight is 512 g/mol. The minimum absolute atomic E-state index is 0.0382. The van der Waals surface area contributed by atoms with E-state index >= 15 is 0 Å². The molecule has 0 fully saturated rings. The summed E-state index contributed by atoms with van der Waals surface area (Å²) in [5.41, 5.74) is 1.79. The van der Waals surface area contributed by atoms with Gasteiger partial charge < -0.3 is 25.4 Å². The Labute approximate surface area is 218 Å². The molecule has 2 atom stereocenters. The first-order valence-corrected chi connectivity index (χ1v) is 12.6. The molecule has 0 spiro atoms. The van der Waals surface area contributed by atoms with E-state index in [2.05, 4.69) is 16.0 Å². The van der Waals surface area contributed by atoms with Crippen LogP contribution in [0.3, 0.4) is 0 Å². The van der Waals surface area contributed by atoms with Gasteiger partial charge in [-0.15, -0.1) is 0 Å². The maximum Gasteiger partial charge on any atom is 0.408 e. The summed E-state index contributed by atoms with van der Waals surface area (Å²) in [6, 6.07) is 17.8. The lowest BCUT2D eigenvalue weighted by molar-refractivity contribution is -0.144. The summed E-state index contributed by atoms with van der Waals surface area (Å²) in [5.74, 6) is -0.949. The standard InChI is InChI=1S/C28H37N3O6/c1-3-36-26(33)18-17-25(32)29-19-11-10-16-24(27(34)30-21(2)23-14-8-5-9-15-23)31-28(35)37-20-22-12-6-4-7-13-22/h4-9,12-15,21,24H,3,10-11,16-20H2,1-2H3,(H,29,32)(H,30,34)(H,31,35)/t21-,24+/m0/s1. The van der Waals surface area contributed by atoms with Crippen molar-refractivity contribution in [2.45, 2.75) is 64.6 Å². The topological polar surface area (TPSA) is 123 Å². The van der Waals surface area contributed by atoms with E-state index in [1.165, 1.54) is 0 Å². The van der Waals surface area contributed by atoms with Gasteiger partial charge in [-0.2, -0.15) is 0 Å². The molecule has 9 heteroatoms. The first-order valence-electron chi connectivity index (χ1n) is 12.6. The molecule has 0 saturated heterocycles. The number of benzene rings is 2. The second kappa shape index (κ2) is 16.7. The SMILES string of the molecule is CCOC(=O)CCC(=O)NCCCC[C@@H](NC(=O)OCc1ccccc1)C(=O)N[C@@H](C)c1ccccc1. The van der Waals surface area contributed by atoms with Gasteiger partial charge >= 0.3 is 12.1 Å². The van der Waals surface area contributed by atoms with Crippen LogP contribution in [0.25, 0.3) is 0 Å². The molecule has 0 heterocycles. The van der Waals surface area contributed by atoms with Gasteiger partial charge in [-0.25, -0.2) is 4.79 Å². The molecular formula is C28H37N3O6. The second-order valence-corrected chi connectivity index (χ2v) is 8.55. The predicted molar refractivity (Wildman–Crippen MR) is 139 cm³/mol. The van der Waals surface area contributed by atoms with Crippen molar-refractivity contribution in [3.8, 4) is 0 Å². The van der Waals surface area contributed by atoms with Crippen LogP contribution in [-0.4, -0.2) is 43.1 Å².